The van der Waals surface area contributed by atoms with Crippen LogP contribution in [-0.2, 0) is 16.1 Å². The van der Waals surface area contributed by atoms with Crippen LogP contribution in [-0.4, -0.2) is 29.3 Å². The van der Waals surface area contributed by atoms with E-state index >= 15 is 0 Å². The molecular weight excluding hydrogens is 283 g/mol. The number of hydrogen-bond donors (Lipinski definition) is 1. The summed E-state index contributed by atoms with van der Waals surface area (Å²) < 4.78 is 13.9. The van der Waals surface area contributed by atoms with Crippen LogP contribution in [0.25, 0.3) is 0 Å². The Labute approximate surface area is 120 Å². The first-order valence-corrected chi connectivity index (χ1v) is 6.96. The van der Waals surface area contributed by atoms with Crippen molar-refractivity contribution in [1.29, 1.82) is 0 Å². The van der Waals surface area contributed by atoms with Crippen LogP contribution in [0, 0.1) is 11.7 Å². The molecule has 106 valence electrons. The molecule has 3 rings (SSSR count). The minimum atomic E-state index is -0.494. The summed E-state index contributed by atoms with van der Waals surface area (Å²) >= 11 is 6.00. The van der Waals surface area contributed by atoms with E-state index in [1.54, 1.807) is 6.07 Å². The highest BCUT2D eigenvalue weighted by molar-refractivity contribution is 6.31. The third-order valence-corrected chi connectivity index (χ3v) is 4.15. The first-order valence-electron chi connectivity index (χ1n) is 6.58. The maximum atomic E-state index is 13.9. The molecule has 1 aromatic carbocycles. The molecule has 0 radical (unpaired) electrons. The normalized spacial score (nSPS) is 22.9. The Bertz CT molecular complexity index is 554. The molecule has 1 atom stereocenters. The second-order valence-electron chi connectivity index (χ2n) is 5.22. The number of carbonyl (C=O) groups excluding carboxylic acids is 2. The van der Waals surface area contributed by atoms with Crippen LogP contribution < -0.4 is 5.32 Å². The minimum absolute atomic E-state index is 0.0336. The van der Waals surface area contributed by atoms with Gasteiger partial charge in [0.05, 0.1) is 13.1 Å². The fraction of sp³-hybridized carbons (Fsp3) is 0.429. The summed E-state index contributed by atoms with van der Waals surface area (Å²) in [5.41, 5.74) is 0.267. The average Bonchev–Trinajstić information content (AvgIpc) is 3.22. The smallest absolute Gasteiger partial charge is 0.243 e. The van der Waals surface area contributed by atoms with Gasteiger partial charge >= 0.3 is 0 Å². The molecule has 2 fully saturated rings. The number of nitrogens with one attached hydrogen (secondary N) is 1. The quantitative estimate of drug-likeness (QED) is 0.923. The van der Waals surface area contributed by atoms with Crippen molar-refractivity contribution in [2.24, 2.45) is 5.92 Å². The first-order chi connectivity index (χ1) is 9.58. The Morgan fingerprint density at radius 3 is 2.75 bits per heavy atom. The number of rotatable bonds is 3. The van der Waals surface area contributed by atoms with E-state index in [0.717, 1.165) is 12.8 Å². The van der Waals surface area contributed by atoms with Crippen molar-refractivity contribution in [2.45, 2.75) is 25.4 Å². The van der Waals surface area contributed by atoms with Crippen LogP contribution in [0.5, 0.6) is 0 Å². The van der Waals surface area contributed by atoms with E-state index < -0.39 is 11.9 Å². The average molecular weight is 297 g/mol. The summed E-state index contributed by atoms with van der Waals surface area (Å²) in [5, 5.41) is 2.87. The van der Waals surface area contributed by atoms with Gasteiger partial charge in [-0.3, -0.25) is 9.59 Å². The van der Waals surface area contributed by atoms with Crippen LogP contribution in [0.4, 0.5) is 4.39 Å². The molecule has 1 saturated heterocycles. The molecule has 1 N–H and O–H groups in total. The molecule has 0 spiro atoms. The number of carbonyl (C=O) groups is 2. The van der Waals surface area contributed by atoms with Crippen molar-refractivity contribution in [3.05, 3.63) is 34.6 Å². The third-order valence-electron chi connectivity index (χ3n) is 3.80. The lowest BCUT2D eigenvalue weighted by molar-refractivity contribution is -0.147. The van der Waals surface area contributed by atoms with Gasteiger partial charge in [-0.1, -0.05) is 17.7 Å². The number of piperazine rings is 1. The molecule has 6 heteroatoms. The summed E-state index contributed by atoms with van der Waals surface area (Å²) in [5.74, 6) is -0.615. The number of nitrogens with zero attached hydrogens (tertiary/aromatic N) is 1. The lowest BCUT2D eigenvalue weighted by Gasteiger charge is -2.35. The number of amides is 2. The zero-order valence-corrected chi connectivity index (χ0v) is 11.5. The van der Waals surface area contributed by atoms with Gasteiger partial charge in [-0.25, -0.2) is 4.39 Å². The maximum absolute atomic E-state index is 13.9. The molecule has 2 amide bonds. The van der Waals surface area contributed by atoms with Gasteiger partial charge in [-0.2, -0.15) is 0 Å². The third kappa shape index (κ3) is 2.38. The fourth-order valence-electron chi connectivity index (χ4n) is 2.59. The molecule has 1 aliphatic carbocycles. The van der Waals surface area contributed by atoms with Crippen molar-refractivity contribution in [1.82, 2.24) is 10.2 Å². The molecule has 0 bridgehead atoms. The van der Waals surface area contributed by atoms with Crippen molar-refractivity contribution in [2.75, 3.05) is 6.54 Å². The number of benzene rings is 1. The predicted molar refractivity (Wildman–Crippen MR) is 71.5 cm³/mol. The molecule has 1 unspecified atom stereocenters. The Morgan fingerprint density at radius 1 is 1.35 bits per heavy atom. The summed E-state index contributed by atoms with van der Waals surface area (Å²) in [6.07, 6.45) is 1.85. The van der Waals surface area contributed by atoms with Gasteiger partial charge in [0.15, 0.2) is 0 Å². The van der Waals surface area contributed by atoms with Crippen molar-refractivity contribution < 1.29 is 14.0 Å². The maximum Gasteiger partial charge on any atom is 0.243 e. The summed E-state index contributed by atoms with van der Waals surface area (Å²) in [6, 6.07) is 3.92. The second kappa shape index (κ2) is 5.05. The zero-order valence-electron chi connectivity index (χ0n) is 10.7. The molecule has 1 aliphatic heterocycles. The molecule has 1 heterocycles. The highest BCUT2D eigenvalue weighted by atomic mass is 35.5. The lowest BCUT2D eigenvalue weighted by atomic mass is 10.1. The molecule has 20 heavy (non-hydrogen) atoms. The molecule has 1 saturated carbocycles. The first kappa shape index (κ1) is 13.4. The van der Waals surface area contributed by atoms with E-state index in [9.17, 15) is 14.0 Å². The molecule has 2 aliphatic rings. The predicted octanol–water partition coefficient (Wildman–Crippen LogP) is 1.72. The van der Waals surface area contributed by atoms with E-state index in [1.165, 1.54) is 17.0 Å². The second-order valence-corrected chi connectivity index (χ2v) is 5.63. The van der Waals surface area contributed by atoms with Gasteiger partial charge in [-0.15, -0.1) is 0 Å². The van der Waals surface area contributed by atoms with Crippen molar-refractivity contribution in [3.8, 4) is 0 Å². The van der Waals surface area contributed by atoms with Crippen LogP contribution in [0.2, 0.25) is 5.02 Å². The minimum Gasteiger partial charge on any atom is -0.345 e. The highest BCUT2D eigenvalue weighted by Gasteiger charge is 2.44. The van der Waals surface area contributed by atoms with Crippen LogP contribution in [0.15, 0.2) is 18.2 Å². The summed E-state index contributed by atoms with van der Waals surface area (Å²) in [7, 11) is 0. The van der Waals surface area contributed by atoms with Crippen LogP contribution >= 0.6 is 11.6 Å². The summed E-state index contributed by atoms with van der Waals surface area (Å²) in [6.45, 7) is 0.00700. The largest absolute Gasteiger partial charge is 0.345 e. The zero-order chi connectivity index (χ0) is 14.3. The Morgan fingerprint density at radius 2 is 2.10 bits per heavy atom. The lowest BCUT2D eigenvalue weighted by Crippen LogP contribution is -2.58. The van der Waals surface area contributed by atoms with E-state index in [-0.39, 0.29) is 41.4 Å². The van der Waals surface area contributed by atoms with E-state index in [2.05, 4.69) is 5.32 Å². The molecule has 4 nitrogen and oxygen atoms in total. The highest BCUT2D eigenvalue weighted by Crippen LogP contribution is 2.37. The molecule has 1 aromatic rings. The number of halogens is 2. The Kier molecular flexibility index (Phi) is 3.38. The molecular formula is C14H14ClFN2O2. The van der Waals surface area contributed by atoms with Crippen molar-refractivity contribution >= 4 is 23.4 Å². The van der Waals surface area contributed by atoms with E-state index in [0.29, 0.717) is 0 Å². The van der Waals surface area contributed by atoms with E-state index in [1.807, 2.05) is 0 Å². The Hall–Kier alpha value is -1.62. The van der Waals surface area contributed by atoms with Gasteiger partial charge in [0, 0.05) is 10.6 Å². The Balaban J connectivity index is 1.90. The number of hydrogen-bond acceptors (Lipinski definition) is 2. The van der Waals surface area contributed by atoms with Gasteiger partial charge < -0.3 is 10.2 Å². The summed E-state index contributed by atoms with van der Waals surface area (Å²) in [4.78, 5) is 25.5. The van der Waals surface area contributed by atoms with Crippen LogP contribution in [0.1, 0.15) is 18.4 Å². The van der Waals surface area contributed by atoms with Gasteiger partial charge in [-0.05, 0) is 30.9 Å². The molecule has 0 aromatic heterocycles. The standard InChI is InChI=1S/C14H14ClFN2O2/c15-10-2-1-3-11(16)9(10)7-18-12(19)6-17-14(20)13(18)8-4-5-8/h1-3,8,13H,4-7H2,(H,17,20). The monoisotopic (exact) mass is 296 g/mol. The van der Waals surface area contributed by atoms with Crippen LogP contribution in [0.3, 0.4) is 0 Å². The van der Waals surface area contributed by atoms with Gasteiger partial charge in [0.25, 0.3) is 0 Å². The SMILES string of the molecule is O=C1NCC(=O)N(Cc2c(F)cccc2Cl)C1C1CC1. The van der Waals surface area contributed by atoms with Crippen molar-refractivity contribution in [3.63, 3.8) is 0 Å². The topological polar surface area (TPSA) is 49.4 Å². The van der Waals surface area contributed by atoms with Gasteiger partial charge in [0.1, 0.15) is 11.9 Å². The fourth-order valence-corrected chi connectivity index (χ4v) is 2.81. The van der Waals surface area contributed by atoms with Gasteiger partial charge in [0.2, 0.25) is 11.8 Å². The van der Waals surface area contributed by atoms with E-state index in [4.69, 9.17) is 11.6 Å².